The summed E-state index contributed by atoms with van der Waals surface area (Å²) in [6.45, 7) is 8.09. The van der Waals surface area contributed by atoms with E-state index < -0.39 is 0 Å². The van der Waals surface area contributed by atoms with Gasteiger partial charge in [0.25, 0.3) is 0 Å². The minimum absolute atomic E-state index is 0. The fraction of sp³-hybridized carbons (Fsp3) is 1.00. The van der Waals surface area contributed by atoms with Crippen LogP contribution in [0, 0.1) is 23.2 Å². The number of hydrogen-bond donors (Lipinski definition) is 1. The first-order valence-electron chi connectivity index (χ1n) is 7.69. The van der Waals surface area contributed by atoms with Gasteiger partial charge in [-0.3, -0.25) is 0 Å². The summed E-state index contributed by atoms with van der Waals surface area (Å²) in [5, 5.41) is 3.70. The van der Waals surface area contributed by atoms with E-state index in [0.29, 0.717) is 5.54 Å². The third kappa shape index (κ3) is 3.04. The van der Waals surface area contributed by atoms with Gasteiger partial charge in [0.2, 0.25) is 0 Å². The molecule has 0 aliphatic heterocycles. The molecule has 0 aromatic heterocycles. The van der Waals surface area contributed by atoms with Crippen LogP contribution in [0.4, 0.5) is 0 Å². The van der Waals surface area contributed by atoms with Crippen molar-refractivity contribution >= 4 is 12.4 Å². The Labute approximate surface area is 119 Å². The van der Waals surface area contributed by atoms with Gasteiger partial charge in [-0.15, -0.1) is 12.4 Å². The second-order valence-corrected chi connectivity index (χ2v) is 8.34. The van der Waals surface area contributed by atoms with Crippen molar-refractivity contribution in [3.05, 3.63) is 0 Å². The first-order chi connectivity index (χ1) is 7.94. The molecule has 4 aliphatic carbocycles. The molecule has 106 valence electrons. The second kappa shape index (κ2) is 4.98. The molecule has 0 aromatic carbocycles. The van der Waals surface area contributed by atoms with E-state index in [1.54, 1.807) is 38.5 Å². The van der Waals surface area contributed by atoms with Gasteiger partial charge in [0.15, 0.2) is 0 Å². The Kier molecular flexibility index (Phi) is 4.05. The molecule has 0 saturated heterocycles. The van der Waals surface area contributed by atoms with Crippen LogP contribution in [0.5, 0.6) is 0 Å². The van der Waals surface area contributed by atoms with Gasteiger partial charge in [0, 0.05) is 5.54 Å². The first-order valence-corrected chi connectivity index (χ1v) is 7.69. The Bertz CT molecular complexity index is 257. The van der Waals surface area contributed by atoms with Gasteiger partial charge in [-0.2, -0.15) is 0 Å². The average Bonchev–Trinajstić information content (AvgIpc) is 2.11. The Morgan fingerprint density at radius 3 is 1.78 bits per heavy atom. The predicted molar refractivity (Wildman–Crippen MR) is 80.2 cm³/mol. The largest absolute Gasteiger partial charge is 0.312 e. The van der Waals surface area contributed by atoms with E-state index in [2.05, 4.69) is 26.1 Å². The normalized spacial score (nSPS) is 41.8. The summed E-state index contributed by atoms with van der Waals surface area (Å²) in [7, 11) is 0. The molecule has 0 atom stereocenters. The van der Waals surface area contributed by atoms with Crippen molar-refractivity contribution in [2.75, 3.05) is 6.54 Å². The zero-order chi connectivity index (χ0) is 12.1. The number of halogens is 1. The molecule has 4 bridgehead atoms. The lowest BCUT2D eigenvalue weighted by Gasteiger charge is -2.57. The van der Waals surface area contributed by atoms with E-state index in [9.17, 15) is 0 Å². The number of hydrogen-bond acceptors (Lipinski definition) is 1. The van der Waals surface area contributed by atoms with E-state index in [4.69, 9.17) is 0 Å². The third-order valence-electron chi connectivity index (χ3n) is 5.48. The van der Waals surface area contributed by atoms with Crippen LogP contribution in [0.15, 0.2) is 0 Å². The van der Waals surface area contributed by atoms with Crippen LogP contribution in [-0.4, -0.2) is 12.1 Å². The molecule has 0 spiro atoms. The van der Waals surface area contributed by atoms with Crippen molar-refractivity contribution in [2.45, 2.75) is 71.3 Å². The van der Waals surface area contributed by atoms with Gasteiger partial charge < -0.3 is 5.32 Å². The lowest BCUT2D eigenvalue weighted by atomic mass is 9.49. The monoisotopic (exact) mass is 271 g/mol. The van der Waals surface area contributed by atoms with Gasteiger partial charge in [0.1, 0.15) is 0 Å². The Balaban J connectivity index is 0.00000120. The van der Waals surface area contributed by atoms with Gasteiger partial charge in [0.05, 0.1) is 0 Å². The summed E-state index contributed by atoms with van der Waals surface area (Å²) in [6, 6.07) is 0. The molecule has 4 saturated carbocycles. The maximum absolute atomic E-state index is 3.70. The predicted octanol–water partition coefficient (Wildman–Crippen LogP) is 4.40. The van der Waals surface area contributed by atoms with E-state index >= 15 is 0 Å². The topological polar surface area (TPSA) is 12.0 Å². The zero-order valence-corrected chi connectivity index (χ0v) is 13.1. The Hall–Kier alpha value is 0.250. The quantitative estimate of drug-likeness (QED) is 0.802. The van der Waals surface area contributed by atoms with Crippen LogP contribution < -0.4 is 5.32 Å². The molecule has 2 heteroatoms. The summed E-state index contributed by atoms with van der Waals surface area (Å²) in [6.07, 6.45) is 10.8. The molecular weight excluding hydrogens is 242 g/mol. The molecule has 0 unspecified atom stereocenters. The van der Waals surface area contributed by atoms with Crippen LogP contribution in [0.1, 0.15) is 65.7 Å². The minimum atomic E-state index is 0. The zero-order valence-electron chi connectivity index (χ0n) is 12.3. The molecular formula is C16H30ClN. The molecule has 0 radical (unpaired) electrons. The fourth-order valence-electron chi connectivity index (χ4n) is 5.30. The number of nitrogens with one attached hydrogen (secondary N) is 1. The summed E-state index contributed by atoms with van der Waals surface area (Å²) < 4.78 is 0. The molecule has 4 fully saturated rings. The summed E-state index contributed by atoms with van der Waals surface area (Å²) in [5.74, 6) is 3.32. The molecule has 1 nitrogen and oxygen atoms in total. The first kappa shape index (κ1) is 14.7. The lowest BCUT2D eigenvalue weighted by Crippen LogP contribution is -2.48. The van der Waals surface area contributed by atoms with Crippen molar-refractivity contribution in [3.8, 4) is 0 Å². The van der Waals surface area contributed by atoms with Gasteiger partial charge >= 0.3 is 0 Å². The standard InChI is InChI=1S/C16H29N.ClH/c1-15(2,3)17-5-4-16-9-12-6-13(10-16)8-14(7-12)11-16;/h12-14,17H,4-11H2,1-3H3;1H. The van der Waals surface area contributed by atoms with Crippen molar-refractivity contribution in [1.29, 1.82) is 0 Å². The van der Waals surface area contributed by atoms with Crippen molar-refractivity contribution in [2.24, 2.45) is 23.2 Å². The van der Waals surface area contributed by atoms with E-state index in [1.165, 1.54) is 13.0 Å². The van der Waals surface area contributed by atoms with Crippen molar-refractivity contribution in [1.82, 2.24) is 5.32 Å². The summed E-state index contributed by atoms with van der Waals surface area (Å²) in [4.78, 5) is 0. The minimum Gasteiger partial charge on any atom is -0.312 e. The average molecular weight is 272 g/mol. The second-order valence-electron chi connectivity index (χ2n) is 8.34. The van der Waals surface area contributed by atoms with Crippen molar-refractivity contribution < 1.29 is 0 Å². The summed E-state index contributed by atoms with van der Waals surface area (Å²) >= 11 is 0. The Morgan fingerprint density at radius 2 is 1.39 bits per heavy atom. The highest BCUT2D eigenvalue weighted by Crippen LogP contribution is 2.61. The highest BCUT2D eigenvalue weighted by Gasteiger charge is 2.50. The molecule has 4 rings (SSSR count). The maximum atomic E-state index is 3.70. The van der Waals surface area contributed by atoms with Crippen LogP contribution in [-0.2, 0) is 0 Å². The molecule has 0 heterocycles. The van der Waals surface area contributed by atoms with Crippen LogP contribution in [0.3, 0.4) is 0 Å². The molecule has 0 aromatic rings. The number of rotatable bonds is 3. The van der Waals surface area contributed by atoms with Crippen LogP contribution in [0.2, 0.25) is 0 Å². The molecule has 0 amide bonds. The lowest BCUT2D eigenvalue weighted by molar-refractivity contribution is -0.0572. The highest BCUT2D eigenvalue weighted by molar-refractivity contribution is 5.85. The highest BCUT2D eigenvalue weighted by atomic mass is 35.5. The van der Waals surface area contributed by atoms with Gasteiger partial charge in [-0.05, 0) is 95.4 Å². The van der Waals surface area contributed by atoms with Crippen LogP contribution >= 0.6 is 12.4 Å². The van der Waals surface area contributed by atoms with E-state index in [0.717, 1.165) is 23.2 Å². The Morgan fingerprint density at radius 1 is 0.944 bits per heavy atom. The SMILES string of the molecule is CC(C)(C)NCCC12CC3CC(CC(C3)C1)C2.Cl. The van der Waals surface area contributed by atoms with Crippen molar-refractivity contribution in [3.63, 3.8) is 0 Å². The van der Waals surface area contributed by atoms with Gasteiger partial charge in [-0.25, -0.2) is 0 Å². The van der Waals surface area contributed by atoms with Gasteiger partial charge in [-0.1, -0.05) is 0 Å². The summed E-state index contributed by atoms with van der Waals surface area (Å²) in [5.41, 5.74) is 1.05. The third-order valence-corrected chi connectivity index (χ3v) is 5.48. The molecule has 4 aliphatic rings. The maximum Gasteiger partial charge on any atom is 0.00965 e. The van der Waals surface area contributed by atoms with E-state index in [1.807, 2.05) is 0 Å². The molecule has 1 N–H and O–H groups in total. The molecule has 18 heavy (non-hydrogen) atoms. The van der Waals surface area contributed by atoms with Crippen LogP contribution in [0.25, 0.3) is 0 Å². The van der Waals surface area contributed by atoms with E-state index in [-0.39, 0.29) is 12.4 Å². The fourth-order valence-corrected chi connectivity index (χ4v) is 5.30. The smallest absolute Gasteiger partial charge is 0.00965 e.